The van der Waals surface area contributed by atoms with Crippen molar-refractivity contribution in [2.75, 3.05) is 5.73 Å². The largest absolute Gasteiger partial charge is 0.384 e. The molecule has 0 unspecified atom stereocenters. The van der Waals surface area contributed by atoms with Crippen LogP contribution in [0.4, 0.5) is 5.82 Å². The van der Waals surface area contributed by atoms with Crippen LogP contribution in [0.25, 0.3) is 21.9 Å². The lowest BCUT2D eigenvalue weighted by Gasteiger charge is -2.17. The van der Waals surface area contributed by atoms with Crippen LogP contribution in [-0.2, 0) is 4.79 Å². The van der Waals surface area contributed by atoms with Crippen LogP contribution in [0.5, 0.6) is 0 Å². The van der Waals surface area contributed by atoms with Gasteiger partial charge in [0, 0.05) is 23.6 Å². The average molecular weight is 375 g/mol. The van der Waals surface area contributed by atoms with Gasteiger partial charge in [0.25, 0.3) is 0 Å². The molecule has 0 saturated carbocycles. The van der Waals surface area contributed by atoms with Crippen molar-refractivity contribution in [3.63, 3.8) is 0 Å². The minimum atomic E-state index is 0.0589. The fourth-order valence-electron chi connectivity index (χ4n) is 3.40. The molecule has 2 N–H and O–H groups in total. The summed E-state index contributed by atoms with van der Waals surface area (Å²) in [4.78, 5) is 16.2. The topological polar surface area (TPSA) is 56.0 Å². The van der Waals surface area contributed by atoms with E-state index in [9.17, 15) is 4.79 Å². The maximum absolute atomic E-state index is 12.0. The van der Waals surface area contributed by atoms with E-state index in [1.54, 1.807) is 6.20 Å². The van der Waals surface area contributed by atoms with Gasteiger partial charge in [-0.3, -0.25) is 4.79 Å². The standard InChI is InChI=1S/C25H30N2O/c1-7-10-16(4)22-12-19-14-25(26)27-15-20(19)13-23(22)21(8-2)17(5)11-18(6)24(28)9-3/h8,11-15H,4,6-7,9-10H2,1-3,5H3,(H2,26,27)/b17-11-,21-8+. The number of fused-ring (bicyclic) bond motifs is 1. The molecule has 146 valence electrons. The minimum absolute atomic E-state index is 0.0589. The predicted octanol–water partition coefficient (Wildman–Crippen LogP) is 6.52. The summed E-state index contributed by atoms with van der Waals surface area (Å²) in [5.74, 6) is 0.563. The van der Waals surface area contributed by atoms with E-state index in [2.05, 4.69) is 43.3 Å². The van der Waals surface area contributed by atoms with Gasteiger partial charge in [-0.15, -0.1) is 0 Å². The van der Waals surface area contributed by atoms with Crippen molar-refractivity contribution in [3.8, 4) is 0 Å². The van der Waals surface area contributed by atoms with Gasteiger partial charge in [0.05, 0.1) is 0 Å². The van der Waals surface area contributed by atoms with Gasteiger partial charge in [-0.1, -0.05) is 39.5 Å². The van der Waals surface area contributed by atoms with Crippen LogP contribution in [0.2, 0.25) is 0 Å². The number of aromatic nitrogens is 1. The molecule has 0 radical (unpaired) electrons. The summed E-state index contributed by atoms with van der Waals surface area (Å²) >= 11 is 0. The molecule has 0 aliphatic carbocycles. The van der Waals surface area contributed by atoms with Gasteiger partial charge in [-0.25, -0.2) is 4.98 Å². The molecule has 1 heterocycles. The Kier molecular flexibility index (Phi) is 7.11. The Morgan fingerprint density at radius 3 is 2.43 bits per heavy atom. The number of carbonyl (C=O) groups is 1. The fraction of sp³-hybridized carbons (Fsp3) is 0.280. The second-order valence-electron chi connectivity index (χ2n) is 7.04. The first kappa shape index (κ1) is 21.4. The second-order valence-corrected chi connectivity index (χ2v) is 7.04. The number of Topliss-reactive ketones (excluding diaryl/α,β-unsaturated/α-hetero) is 1. The molecule has 3 nitrogen and oxygen atoms in total. The third kappa shape index (κ3) is 4.66. The third-order valence-corrected chi connectivity index (χ3v) is 4.89. The Hall–Kier alpha value is -2.94. The lowest BCUT2D eigenvalue weighted by molar-refractivity contribution is -0.114. The van der Waals surface area contributed by atoms with E-state index in [-0.39, 0.29) is 5.78 Å². The second kappa shape index (κ2) is 9.32. The number of rotatable bonds is 8. The molecule has 1 aromatic heterocycles. The van der Waals surface area contributed by atoms with Crippen LogP contribution in [-0.4, -0.2) is 10.8 Å². The zero-order chi connectivity index (χ0) is 20.8. The Morgan fingerprint density at radius 2 is 1.82 bits per heavy atom. The summed E-state index contributed by atoms with van der Waals surface area (Å²) in [6.07, 6.45) is 8.14. The number of hydrogen-bond acceptors (Lipinski definition) is 3. The van der Waals surface area contributed by atoms with Gasteiger partial charge in [0.1, 0.15) is 5.82 Å². The van der Waals surface area contributed by atoms with Crippen molar-refractivity contribution in [1.29, 1.82) is 0 Å². The van der Waals surface area contributed by atoms with E-state index < -0.39 is 0 Å². The molecule has 0 fully saturated rings. The fourth-order valence-corrected chi connectivity index (χ4v) is 3.40. The molecule has 0 aliphatic rings. The molecule has 3 heteroatoms. The third-order valence-electron chi connectivity index (χ3n) is 4.89. The molecule has 0 saturated heterocycles. The number of anilines is 1. The van der Waals surface area contributed by atoms with Crippen molar-refractivity contribution in [2.24, 2.45) is 0 Å². The van der Waals surface area contributed by atoms with Crippen molar-refractivity contribution >= 4 is 33.5 Å². The van der Waals surface area contributed by atoms with Gasteiger partial charge < -0.3 is 5.73 Å². The average Bonchev–Trinajstić information content (AvgIpc) is 2.67. The highest BCUT2D eigenvalue weighted by molar-refractivity contribution is 5.99. The molecule has 28 heavy (non-hydrogen) atoms. The van der Waals surface area contributed by atoms with E-state index in [1.165, 1.54) is 0 Å². The number of nitrogens with two attached hydrogens (primary N) is 1. The van der Waals surface area contributed by atoms with Gasteiger partial charge in [-0.2, -0.15) is 0 Å². The summed E-state index contributed by atoms with van der Waals surface area (Å²) in [6.45, 7) is 16.3. The molecule has 0 spiro atoms. The molecule has 0 atom stereocenters. The number of hydrogen-bond donors (Lipinski definition) is 1. The number of allylic oxidation sites excluding steroid dienone is 6. The van der Waals surface area contributed by atoms with Crippen molar-refractivity contribution in [3.05, 3.63) is 72.0 Å². The first-order chi connectivity index (χ1) is 13.3. The van der Waals surface area contributed by atoms with Crippen LogP contribution in [0.3, 0.4) is 0 Å². The molecular formula is C25H30N2O. The van der Waals surface area contributed by atoms with Crippen LogP contribution in [0.15, 0.2) is 60.9 Å². The molecule has 2 rings (SSSR count). The number of carbonyl (C=O) groups excluding carboxylic acids is 1. The molecule has 0 bridgehead atoms. The van der Waals surface area contributed by atoms with Gasteiger partial charge in [-0.05, 0) is 77.8 Å². The summed E-state index contributed by atoms with van der Waals surface area (Å²) in [5.41, 5.74) is 11.8. The lowest BCUT2D eigenvalue weighted by Crippen LogP contribution is -2.00. The highest BCUT2D eigenvalue weighted by Gasteiger charge is 2.14. The predicted molar refractivity (Wildman–Crippen MR) is 122 cm³/mol. The zero-order valence-electron chi connectivity index (χ0n) is 17.4. The smallest absolute Gasteiger partial charge is 0.162 e. The van der Waals surface area contributed by atoms with Crippen molar-refractivity contribution in [2.45, 2.75) is 47.0 Å². The number of benzene rings is 1. The van der Waals surface area contributed by atoms with Crippen molar-refractivity contribution < 1.29 is 4.79 Å². The minimum Gasteiger partial charge on any atom is -0.384 e. The number of pyridine rings is 1. The summed E-state index contributed by atoms with van der Waals surface area (Å²) in [6, 6.07) is 6.17. The number of nitrogens with zero attached hydrogens (tertiary/aromatic N) is 1. The molecule has 0 amide bonds. The van der Waals surface area contributed by atoms with E-state index in [4.69, 9.17) is 5.73 Å². The molecule has 1 aromatic carbocycles. The quantitative estimate of drug-likeness (QED) is 0.423. The maximum atomic E-state index is 12.0. The molecule has 2 aromatic rings. The summed E-state index contributed by atoms with van der Waals surface area (Å²) in [7, 11) is 0. The highest BCUT2D eigenvalue weighted by atomic mass is 16.1. The number of ketones is 1. The Labute approximate surface area is 168 Å². The molecular weight excluding hydrogens is 344 g/mol. The van der Waals surface area contributed by atoms with Gasteiger partial charge >= 0.3 is 0 Å². The zero-order valence-corrected chi connectivity index (χ0v) is 17.4. The first-order valence-corrected chi connectivity index (χ1v) is 9.77. The SMILES string of the molecule is C=C(/C=C(C)\C(=C/C)c1cc2cnc(N)cc2cc1C(=C)CCC)C(=O)CC. The van der Waals surface area contributed by atoms with E-state index in [1.807, 2.05) is 32.9 Å². The number of nitrogen functional groups attached to an aromatic ring is 1. The monoisotopic (exact) mass is 374 g/mol. The van der Waals surface area contributed by atoms with E-state index in [0.717, 1.165) is 51.5 Å². The normalized spacial score (nSPS) is 12.3. The Balaban J connectivity index is 2.67. The maximum Gasteiger partial charge on any atom is 0.162 e. The van der Waals surface area contributed by atoms with Crippen LogP contribution >= 0.6 is 0 Å². The van der Waals surface area contributed by atoms with Crippen LogP contribution in [0.1, 0.15) is 58.1 Å². The first-order valence-electron chi connectivity index (χ1n) is 9.77. The van der Waals surface area contributed by atoms with Crippen molar-refractivity contribution in [1.82, 2.24) is 4.98 Å². The molecule has 0 aliphatic heterocycles. The van der Waals surface area contributed by atoms with Gasteiger partial charge in [0.2, 0.25) is 0 Å². The van der Waals surface area contributed by atoms with Crippen LogP contribution in [0, 0.1) is 0 Å². The lowest BCUT2D eigenvalue weighted by atomic mass is 9.87. The van der Waals surface area contributed by atoms with E-state index >= 15 is 0 Å². The Morgan fingerprint density at radius 1 is 1.14 bits per heavy atom. The van der Waals surface area contributed by atoms with Gasteiger partial charge in [0.15, 0.2) is 5.78 Å². The van der Waals surface area contributed by atoms with E-state index in [0.29, 0.717) is 17.8 Å². The van der Waals surface area contributed by atoms with Crippen LogP contribution < -0.4 is 5.73 Å². The Bertz CT molecular complexity index is 993. The summed E-state index contributed by atoms with van der Waals surface area (Å²) in [5, 5.41) is 2.07. The summed E-state index contributed by atoms with van der Waals surface area (Å²) < 4.78 is 0. The highest BCUT2D eigenvalue weighted by Crippen LogP contribution is 2.35.